The molecule has 16 heavy (non-hydrogen) atoms. The molecular formula is C13H14FNS. The van der Waals surface area contributed by atoms with Crippen LogP contribution in [-0.4, -0.2) is 4.98 Å². The van der Waals surface area contributed by atoms with Gasteiger partial charge in [0.05, 0.1) is 10.7 Å². The van der Waals surface area contributed by atoms with E-state index in [1.165, 1.54) is 6.07 Å². The number of hydrogen-bond donors (Lipinski definition) is 0. The van der Waals surface area contributed by atoms with Crippen LogP contribution in [0.3, 0.4) is 0 Å². The van der Waals surface area contributed by atoms with Gasteiger partial charge in [0.2, 0.25) is 0 Å². The van der Waals surface area contributed by atoms with Crippen LogP contribution in [0.5, 0.6) is 0 Å². The average molecular weight is 235 g/mol. The Morgan fingerprint density at radius 2 is 2.06 bits per heavy atom. The maximum Gasteiger partial charge on any atom is 0.126 e. The summed E-state index contributed by atoms with van der Waals surface area (Å²) in [5, 5.41) is 3.04. The van der Waals surface area contributed by atoms with Gasteiger partial charge in [-0.3, -0.25) is 0 Å². The Labute approximate surface area is 99.0 Å². The van der Waals surface area contributed by atoms with Gasteiger partial charge < -0.3 is 0 Å². The third-order valence-corrected chi connectivity index (χ3v) is 3.31. The molecule has 3 heteroatoms. The fourth-order valence-corrected chi connectivity index (χ4v) is 2.26. The minimum atomic E-state index is -0.134. The zero-order chi connectivity index (χ0) is 11.7. The average Bonchev–Trinajstić information content (AvgIpc) is 2.65. The number of halogens is 1. The number of benzene rings is 1. The molecule has 0 atom stereocenters. The minimum Gasteiger partial charge on any atom is -0.242 e. The molecule has 0 saturated heterocycles. The molecule has 0 fully saturated rings. The first kappa shape index (κ1) is 11.3. The van der Waals surface area contributed by atoms with Gasteiger partial charge in [0.1, 0.15) is 5.82 Å². The van der Waals surface area contributed by atoms with Gasteiger partial charge in [-0.25, -0.2) is 9.37 Å². The molecule has 84 valence electrons. The first-order valence-electron chi connectivity index (χ1n) is 5.30. The highest BCUT2D eigenvalue weighted by molar-refractivity contribution is 7.09. The maximum atomic E-state index is 13.5. The topological polar surface area (TPSA) is 12.9 Å². The van der Waals surface area contributed by atoms with Crippen molar-refractivity contribution in [2.75, 3.05) is 0 Å². The molecular weight excluding hydrogens is 221 g/mol. The van der Waals surface area contributed by atoms with Crippen LogP contribution >= 0.6 is 11.3 Å². The highest BCUT2D eigenvalue weighted by Gasteiger charge is 2.09. The van der Waals surface area contributed by atoms with Crippen molar-refractivity contribution in [3.8, 4) is 11.3 Å². The van der Waals surface area contributed by atoms with E-state index in [-0.39, 0.29) is 11.7 Å². The Balaban J connectivity index is 2.47. The number of nitrogens with zero attached hydrogens (tertiary/aromatic N) is 1. The van der Waals surface area contributed by atoms with Crippen LogP contribution in [0.25, 0.3) is 11.3 Å². The van der Waals surface area contributed by atoms with E-state index in [0.717, 1.165) is 21.8 Å². The molecule has 0 aliphatic heterocycles. The first-order valence-corrected chi connectivity index (χ1v) is 6.18. The van der Waals surface area contributed by atoms with Crippen LogP contribution in [0.15, 0.2) is 23.6 Å². The molecule has 1 aromatic heterocycles. The molecule has 0 saturated carbocycles. The van der Waals surface area contributed by atoms with Crippen molar-refractivity contribution in [1.82, 2.24) is 4.98 Å². The summed E-state index contributed by atoms with van der Waals surface area (Å²) in [4.78, 5) is 4.41. The van der Waals surface area contributed by atoms with Crippen molar-refractivity contribution >= 4 is 11.3 Å². The predicted molar refractivity (Wildman–Crippen MR) is 66.3 cm³/mol. The van der Waals surface area contributed by atoms with Crippen molar-refractivity contribution in [2.24, 2.45) is 0 Å². The largest absolute Gasteiger partial charge is 0.242 e. The summed E-state index contributed by atoms with van der Waals surface area (Å²) < 4.78 is 13.5. The predicted octanol–water partition coefficient (Wildman–Crippen LogP) is 4.38. The number of rotatable bonds is 2. The number of aryl methyl sites for hydroxylation is 1. The van der Waals surface area contributed by atoms with Crippen LogP contribution < -0.4 is 0 Å². The van der Waals surface area contributed by atoms with Gasteiger partial charge in [-0.2, -0.15) is 0 Å². The summed E-state index contributed by atoms with van der Waals surface area (Å²) in [5.74, 6) is 0.0605. The summed E-state index contributed by atoms with van der Waals surface area (Å²) in [6.45, 7) is 5.96. The SMILES string of the molecule is Cc1nc(-c2ccc(F)c(C(C)C)c2)cs1. The molecule has 1 nitrogen and oxygen atoms in total. The second-order valence-electron chi connectivity index (χ2n) is 4.14. The number of thiazole rings is 1. The molecule has 0 radical (unpaired) electrons. The Bertz CT molecular complexity index is 502. The highest BCUT2D eigenvalue weighted by atomic mass is 32.1. The quantitative estimate of drug-likeness (QED) is 0.752. The lowest BCUT2D eigenvalue weighted by Crippen LogP contribution is -1.93. The van der Waals surface area contributed by atoms with Gasteiger partial charge >= 0.3 is 0 Å². The molecule has 0 aliphatic carbocycles. The van der Waals surface area contributed by atoms with Crippen LogP contribution in [0.4, 0.5) is 4.39 Å². The van der Waals surface area contributed by atoms with E-state index in [4.69, 9.17) is 0 Å². The fraction of sp³-hybridized carbons (Fsp3) is 0.308. The van der Waals surface area contributed by atoms with E-state index in [1.807, 2.05) is 32.2 Å². The van der Waals surface area contributed by atoms with E-state index in [1.54, 1.807) is 17.4 Å². The standard InChI is InChI=1S/C13H14FNS/c1-8(2)11-6-10(4-5-12(11)14)13-7-16-9(3)15-13/h4-8H,1-3H3. The molecule has 1 heterocycles. The third kappa shape index (κ3) is 2.14. The molecule has 0 bridgehead atoms. The number of hydrogen-bond acceptors (Lipinski definition) is 2. The van der Waals surface area contributed by atoms with E-state index in [2.05, 4.69) is 4.98 Å². The summed E-state index contributed by atoms with van der Waals surface area (Å²) >= 11 is 1.61. The minimum absolute atomic E-state index is 0.134. The summed E-state index contributed by atoms with van der Waals surface area (Å²) in [5.41, 5.74) is 2.68. The fourth-order valence-electron chi connectivity index (χ4n) is 1.64. The molecule has 2 aromatic rings. The Morgan fingerprint density at radius 3 is 2.62 bits per heavy atom. The van der Waals surface area contributed by atoms with Crippen molar-refractivity contribution in [3.05, 3.63) is 40.0 Å². The van der Waals surface area contributed by atoms with Crippen LogP contribution in [0.1, 0.15) is 30.3 Å². The summed E-state index contributed by atoms with van der Waals surface area (Å²) in [7, 11) is 0. The van der Waals surface area contributed by atoms with Gasteiger partial charge in [-0.15, -0.1) is 11.3 Å². The molecule has 2 rings (SSSR count). The lowest BCUT2D eigenvalue weighted by molar-refractivity contribution is 0.598. The first-order chi connectivity index (χ1) is 7.58. The zero-order valence-electron chi connectivity index (χ0n) is 9.62. The zero-order valence-corrected chi connectivity index (χ0v) is 10.4. The van der Waals surface area contributed by atoms with E-state index < -0.39 is 0 Å². The van der Waals surface area contributed by atoms with Crippen LogP contribution in [-0.2, 0) is 0 Å². The van der Waals surface area contributed by atoms with Crippen molar-refractivity contribution in [2.45, 2.75) is 26.7 Å². The smallest absolute Gasteiger partial charge is 0.126 e. The molecule has 0 spiro atoms. The van der Waals surface area contributed by atoms with Gasteiger partial charge in [-0.05, 0) is 36.6 Å². The second-order valence-corrected chi connectivity index (χ2v) is 5.20. The van der Waals surface area contributed by atoms with Gasteiger partial charge in [0.15, 0.2) is 0 Å². The summed E-state index contributed by atoms with van der Waals surface area (Å²) in [6, 6.07) is 5.21. The Kier molecular flexibility index (Phi) is 3.06. The second kappa shape index (κ2) is 4.34. The summed E-state index contributed by atoms with van der Waals surface area (Å²) in [6.07, 6.45) is 0. The monoisotopic (exact) mass is 235 g/mol. The van der Waals surface area contributed by atoms with Gasteiger partial charge in [0.25, 0.3) is 0 Å². The van der Waals surface area contributed by atoms with E-state index in [9.17, 15) is 4.39 Å². The molecule has 0 unspecified atom stereocenters. The van der Waals surface area contributed by atoms with E-state index in [0.29, 0.717) is 0 Å². The number of aromatic nitrogens is 1. The van der Waals surface area contributed by atoms with Crippen LogP contribution in [0.2, 0.25) is 0 Å². The third-order valence-electron chi connectivity index (χ3n) is 2.53. The van der Waals surface area contributed by atoms with Crippen molar-refractivity contribution < 1.29 is 4.39 Å². The van der Waals surface area contributed by atoms with Gasteiger partial charge in [-0.1, -0.05) is 13.8 Å². The van der Waals surface area contributed by atoms with Crippen molar-refractivity contribution in [3.63, 3.8) is 0 Å². The van der Waals surface area contributed by atoms with Gasteiger partial charge in [0, 0.05) is 10.9 Å². The molecule has 0 amide bonds. The highest BCUT2D eigenvalue weighted by Crippen LogP contribution is 2.27. The Hall–Kier alpha value is -1.22. The Morgan fingerprint density at radius 1 is 1.31 bits per heavy atom. The molecule has 1 aromatic carbocycles. The van der Waals surface area contributed by atoms with Crippen LogP contribution in [0, 0.1) is 12.7 Å². The maximum absolute atomic E-state index is 13.5. The molecule has 0 N–H and O–H groups in total. The lowest BCUT2D eigenvalue weighted by atomic mass is 9.99. The molecule has 0 aliphatic rings. The normalized spacial score (nSPS) is 11.1. The van der Waals surface area contributed by atoms with E-state index >= 15 is 0 Å². The lowest BCUT2D eigenvalue weighted by Gasteiger charge is -2.08. The van der Waals surface area contributed by atoms with Crippen molar-refractivity contribution in [1.29, 1.82) is 0 Å².